The molecule has 0 bridgehead atoms. The highest BCUT2D eigenvalue weighted by Gasteiger charge is 2.19. The van der Waals surface area contributed by atoms with Crippen molar-refractivity contribution in [2.75, 3.05) is 13.2 Å². The van der Waals surface area contributed by atoms with Crippen LogP contribution < -0.4 is 0 Å². The molecule has 0 aromatic carbocycles. The van der Waals surface area contributed by atoms with Crippen LogP contribution in [-0.4, -0.2) is 37.2 Å². The van der Waals surface area contributed by atoms with Crippen LogP contribution >= 0.6 is 0 Å². The van der Waals surface area contributed by atoms with Crippen molar-refractivity contribution in [2.24, 2.45) is 0 Å². The zero-order chi connectivity index (χ0) is 59.9. The largest absolute Gasteiger partial charge is 0.462 e. The molecule has 6 nitrogen and oxygen atoms in total. The molecule has 1 atom stereocenters. The summed E-state index contributed by atoms with van der Waals surface area (Å²) in [4.78, 5) is 38.4. The van der Waals surface area contributed by atoms with Crippen LogP contribution in [0.1, 0.15) is 355 Å². The normalized spacial score (nSPS) is 12.7. The van der Waals surface area contributed by atoms with Crippen molar-refractivity contribution in [3.05, 3.63) is 97.2 Å². The maximum Gasteiger partial charge on any atom is 0.306 e. The van der Waals surface area contributed by atoms with Crippen LogP contribution in [0.2, 0.25) is 0 Å². The van der Waals surface area contributed by atoms with Crippen molar-refractivity contribution in [3.63, 3.8) is 0 Å². The van der Waals surface area contributed by atoms with Crippen molar-refractivity contribution in [1.82, 2.24) is 0 Å². The molecule has 0 aliphatic rings. The molecule has 0 amide bonds. The van der Waals surface area contributed by atoms with E-state index in [4.69, 9.17) is 14.2 Å². The summed E-state index contributed by atoms with van der Waals surface area (Å²) >= 11 is 0. The van der Waals surface area contributed by atoms with E-state index in [1.54, 1.807) is 0 Å². The highest BCUT2D eigenvalue weighted by Crippen LogP contribution is 2.18. The molecule has 0 aromatic heterocycles. The van der Waals surface area contributed by atoms with E-state index in [1.165, 1.54) is 180 Å². The van der Waals surface area contributed by atoms with Gasteiger partial charge in [0.1, 0.15) is 13.2 Å². The second-order valence-corrected chi connectivity index (χ2v) is 23.8. The molecule has 0 aromatic rings. The molecule has 6 heteroatoms. The Balaban J connectivity index is 4.18. The zero-order valence-corrected chi connectivity index (χ0v) is 54.9. The van der Waals surface area contributed by atoms with E-state index in [9.17, 15) is 14.4 Å². The van der Waals surface area contributed by atoms with Crippen molar-refractivity contribution in [3.8, 4) is 0 Å². The first-order valence-electron chi connectivity index (χ1n) is 35.7. The predicted octanol–water partition coefficient (Wildman–Crippen LogP) is 24.8. The first-order valence-corrected chi connectivity index (χ1v) is 35.7. The monoisotopic (exact) mass is 1160 g/mol. The standard InChI is InChI=1S/C77H134O6/c1-4-7-10-13-16-19-22-25-27-29-31-32-33-34-35-36-37-38-39-40-41-42-43-44-46-47-49-52-55-58-61-64-67-70-76(79)82-73-74(72-81-75(78)69-66-63-60-57-54-51-24-21-18-15-12-9-6-3)83-77(80)71-68-65-62-59-56-53-50-48-45-30-28-26-23-20-17-14-11-8-5-2/h8,11-12,15,17,20-22,24-26,28-29,31,45,48,74H,4-7,9-10,13-14,16,18-19,23,27,30,32-44,46-47,49-73H2,1-3H3/b11-8-,15-12-,20-17-,24-21-,25-22-,28-26-,31-29-,48-45-. The van der Waals surface area contributed by atoms with Gasteiger partial charge in [-0.05, 0) is 116 Å². The molecule has 0 saturated carbocycles. The minimum absolute atomic E-state index is 0.0855. The molecule has 0 aliphatic carbocycles. The SMILES string of the molecule is CC/C=C\C/C=C\C/C=C\C/C=C\CCCCCCCCC(=O)OC(COC(=O)CCCCCCC/C=C\C/C=C\CCC)COC(=O)CCCCCCCCCCCCCCCCCCCCCCC/C=C\C/C=C\CCCCCCC. The summed E-state index contributed by atoms with van der Waals surface area (Å²) in [5.74, 6) is -0.900. The number of carbonyl (C=O) groups excluding carboxylic acids is 3. The van der Waals surface area contributed by atoms with E-state index < -0.39 is 6.10 Å². The Morgan fingerprint density at radius 1 is 0.253 bits per heavy atom. The van der Waals surface area contributed by atoms with Gasteiger partial charge in [-0.1, -0.05) is 317 Å². The second-order valence-electron chi connectivity index (χ2n) is 23.8. The van der Waals surface area contributed by atoms with E-state index >= 15 is 0 Å². The molecule has 0 saturated heterocycles. The van der Waals surface area contributed by atoms with Crippen molar-refractivity contribution in [1.29, 1.82) is 0 Å². The summed E-state index contributed by atoms with van der Waals surface area (Å²) in [5.41, 5.74) is 0. The van der Waals surface area contributed by atoms with Crippen LogP contribution in [-0.2, 0) is 28.6 Å². The fourth-order valence-corrected chi connectivity index (χ4v) is 10.2. The predicted molar refractivity (Wildman–Crippen MR) is 362 cm³/mol. The molecular weight excluding hydrogens is 1020 g/mol. The van der Waals surface area contributed by atoms with Gasteiger partial charge >= 0.3 is 17.9 Å². The quantitative estimate of drug-likeness (QED) is 0.0261. The van der Waals surface area contributed by atoms with Gasteiger partial charge < -0.3 is 14.2 Å². The lowest BCUT2D eigenvalue weighted by molar-refractivity contribution is -0.167. The molecule has 0 N–H and O–H groups in total. The van der Waals surface area contributed by atoms with E-state index in [0.717, 1.165) is 135 Å². The highest BCUT2D eigenvalue weighted by atomic mass is 16.6. The van der Waals surface area contributed by atoms with E-state index in [1.807, 2.05) is 0 Å². The second kappa shape index (κ2) is 70.8. The Morgan fingerprint density at radius 3 is 0.783 bits per heavy atom. The van der Waals surface area contributed by atoms with Crippen LogP contribution in [0.4, 0.5) is 0 Å². The average molecular weight is 1160 g/mol. The zero-order valence-electron chi connectivity index (χ0n) is 54.9. The first-order chi connectivity index (χ1) is 41.0. The lowest BCUT2D eigenvalue weighted by Crippen LogP contribution is -2.30. The van der Waals surface area contributed by atoms with Crippen molar-refractivity contribution < 1.29 is 28.6 Å². The number of rotatable bonds is 65. The Bertz CT molecular complexity index is 1610. The van der Waals surface area contributed by atoms with E-state index in [0.29, 0.717) is 19.3 Å². The third-order valence-electron chi connectivity index (χ3n) is 15.5. The van der Waals surface area contributed by atoms with Gasteiger partial charge in [-0.25, -0.2) is 0 Å². The minimum atomic E-state index is -0.792. The smallest absolute Gasteiger partial charge is 0.306 e. The maximum absolute atomic E-state index is 12.9. The Hall–Kier alpha value is -3.67. The Kier molecular flexibility index (Phi) is 67.7. The lowest BCUT2D eigenvalue weighted by Gasteiger charge is -2.18. The maximum atomic E-state index is 12.9. The number of hydrogen-bond donors (Lipinski definition) is 0. The number of esters is 3. The van der Waals surface area contributed by atoms with Crippen LogP contribution in [0, 0.1) is 0 Å². The highest BCUT2D eigenvalue weighted by molar-refractivity contribution is 5.71. The Labute approximate surface area is 515 Å². The van der Waals surface area contributed by atoms with Gasteiger partial charge in [0.15, 0.2) is 6.10 Å². The minimum Gasteiger partial charge on any atom is -0.462 e. The van der Waals surface area contributed by atoms with Crippen molar-refractivity contribution >= 4 is 17.9 Å². The number of hydrogen-bond acceptors (Lipinski definition) is 6. The molecule has 0 spiro atoms. The van der Waals surface area contributed by atoms with Gasteiger partial charge in [-0.3, -0.25) is 14.4 Å². The van der Waals surface area contributed by atoms with Gasteiger partial charge in [0.05, 0.1) is 0 Å². The van der Waals surface area contributed by atoms with Gasteiger partial charge in [0.2, 0.25) is 0 Å². The molecule has 0 aliphatic heterocycles. The first kappa shape index (κ1) is 79.3. The summed E-state index contributed by atoms with van der Waals surface area (Å²) in [6.07, 6.45) is 95.9. The van der Waals surface area contributed by atoms with Gasteiger partial charge in [0.25, 0.3) is 0 Å². The molecule has 0 rings (SSSR count). The fourth-order valence-electron chi connectivity index (χ4n) is 10.2. The van der Waals surface area contributed by atoms with Crippen LogP contribution in [0.5, 0.6) is 0 Å². The third-order valence-corrected chi connectivity index (χ3v) is 15.5. The third kappa shape index (κ3) is 69.0. The number of unbranched alkanes of at least 4 members (excludes halogenated alkanes) is 38. The van der Waals surface area contributed by atoms with E-state index in [-0.39, 0.29) is 31.1 Å². The van der Waals surface area contributed by atoms with Gasteiger partial charge in [-0.2, -0.15) is 0 Å². The summed E-state index contributed by atoms with van der Waals surface area (Å²) < 4.78 is 16.9. The van der Waals surface area contributed by atoms with E-state index in [2.05, 4.69) is 118 Å². The number of ether oxygens (including phenoxy) is 3. The lowest BCUT2D eigenvalue weighted by atomic mass is 10.0. The van der Waals surface area contributed by atoms with Gasteiger partial charge in [-0.15, -0.1) is 0 Å². The number of carbonyl (C=O) groups is 3. The molecule has 0 heterocycles. The molecular formula is C77H134O6. The van der Waals surface area contributed by atoms with Crippen LogP contribution in [0.3, 0.4) is 0 Å². The molecule has 83 heavy (non-hydrogen) atoms. The van der Waals surface area contributed by atoms with Gasteiger partial charge in [0, 0.05) is 19.3 Å². The Morgan fingerprint density at radius 2 is 0.494 bits per heavy atom. The average Bonchev–Trinajstić information content (AvgIpc) is 3.49. The van der Waals surface area contributed by atoms with Crippen LogP contribution in [0.15, 0.2) is 97.2 Å². The molecule has 478 valence electrons. The molecule has 0 fully saturated rings. The van der Waals surface area contributed by atoms with Crippen molar-refractivity contribution in [2.45, 2.75) is 361 Å². The summed E-state index contributed by atoms with van der Waals surface area (Å²) in [6.45, 7) is 6.47. The van der Waals surface area contributed by atoms with Crippen LogP contribution in [0.25, 0.3) is 0 Å². The fraction of sp³-hybridized carbons (Fsp3) is 0.753. The summed E-state index contributed by atoms with van der Waals surface area (Å²) in [7, 11) is 0. The topological polar surface area (TPSA) is 78.9 Å². The molecule has 1 unspecified atom stereocenters. The summed E-state index contributed by atoms with van der Waals surface area (Å²) in [5, 5.41) is 0. The summed E-state index contributed by atoms with van der Waals surface area (Å²) in [6, 6.07) is 0. The molecule has 0 radical (unpaired) electrons. The number of allylic oxidation sites excluding steroid dienone is 16.